The van der Waals surface area contributed by atoms with Gasteiger partial charge >= 0.3 is 0 Å². The molecule has 3 heteroatoms. The summed E-state index contributed by atoms with van der Waals surface area (Å²) in [7, 11) is 0. The average molecular weight is 179 g/mol. The smallest absolute Gasteiger partial charge is 0.0921 e. The van der Waals surface area contributed by atoms with Crippen molar-refractivity contribution in [1.82, 2.24) is 15.3 Å². The predicted molar refractivity (Wildman–Crippen MR) is 52.6 cm³/mol. The van der Waals surface area contributed by atoms with Crippen molar-refractivity contribution in [3.8, 4) is 0 Å². The van der Waals surface area contributed by atoms with Crippen LogP contribution in [0.5, 0.6) is 0 Å². The van der Waals surface area contributed by atoms with Crippen LogP contribution >= 0.6 is 0 Å². The number of nitrogens with one attached hydrogen (secondary N) is 2. The number of nitrogens with zero attached hydrogens (tertiary/aromatic N) is 1. The van der Waals surface area contributed by atoms with Crippen molar-refractivity contribution in [3.05, 3.63) is 18.2 Å². The number of H-pyrrole nitrogens is 1. The molecule has 1 aromatic heterocycles. The summed E-state index contributed by atoms with van der Waals surface area (Å²) in [5, 5.41) is 3.55. The summed E-state index contributed by atoms with van der Waals surface area (Å²) >= 11 is 0. The second-order valence-corrected chi connectivity index (χ2v) is 3.76. The normalized spacial score (nSPS) is 23.2. The molecule has 0 bridgehead atoms. The number of hydrogen-bond donors (Lipinski definition) is 2. The zero-order valence-electron chi connectivity index (χ0n) is 7.92. The lowest BCUT2D eigenvalue weighted by atomic mass is 10.00. The zero-order valence-corrected chi connectivity index (χ0v) is 7.92. The van der Waals surface area contributed by atoms with E-state index in [0.717, 1.165) is 12.5 Å². The fourth-order valence-corrected chi connectivity index (χ4v) is 1.92. The van der Waals surface area contributed by atoms with E-state index in [1.807, 2.05) is 6.20 Å². The molecule has 0 amide bonds. The summed E-state index contributed by atoms with van der Waals surface area (Å²) in [4.78, 5) is 7.15. The summed E-state index contributed by atoms with van der Waals surface area (Å²) in [6.45, 7) is 1.20. The molecule has 1 atom stereocenters. The van der Waals surface area contributed by atoms with Crippen molar-refractivity contribution in [2.24, 2.45) is 0 Å². The minimum Gasteiger partial charge on any atom is -0.348 e. The molecule has 0 spiro atoms. The fraction of sp³-hybridized carbons (Fsp3) is 0.700. The van der Waals surface area contributed by atoms with Crippen LogP contribution in [0.3, 0.4) is 0 Å². The van der Waals surface area contributed by atoms with Crippen LogP contribution < -0.4 is 5.32 Å². The first-order valence-electron chi connectivity index (χ1n) is 5.16. The number of imidazole rings is 1. The van der Waals surface area contributed by atoms with E-state index < -0.39 is 0 Å². The van der Waals surface area contributed by atoms with Gasteiger partial charge in [-0.2, -0.15) is 0 Å². The van der Waals surface area contributed by atoms with Gasteiger partial charge in [0.15, 0.2) is 0 Å². The van der Waals surface area contributed by atoms with E-state index >= 15 is 0 Å². The van der Waals surface area contributed by atoms with E-state index in [4.69, 9.17) is 0 Å². The second kappa shape index (κ2) is 4.42. The maximum absolute atomic E-state index is 4.01. The molecular formula is C10H17N3. The largest absolute Gasteiger partial charge is 0.348 e. The lowest BCUT2D eigenvalue weighted by Gasteiger charge is -2.22. The molecule has 1 fully saturated rings. The number of rotatable bonds is 3. The maximum atomic E-state index is 4.01. The molecule has 0 saturated carbocycles. The SMILES string of the molecule is c1ncc(CCC2CCCCN2)[nH]1. The average Bonchev–Trinajstić information content (AvgIpc) is 2.69. The number of aromatic nitrogens is 2. The highest BCUT2D eigenvalue weighted by molar-refractivity contribution is 4.95. The van der Waals surface area contributed by atoms with Gasteiger partial charge in [0.25, 0.3) is 0 Å². The van der Waals surface area contributed by atoms with Crippen molar-refractivity contribution >= 4 is 0 Å². The van der Waals surface area contributed by atoms with Gasteiger partial charge < -0.3 is 10.3 Å². The van der Waals surface area contributed by atoms with Gasteiger partial charge in [-0.1, -0.05) is 6.42 Å². The Morgan fingerprint density at radius 3 is 3.15 bits per heavy atom. The molecular weight excluding hydrogens is 162 g/mol. The van der Waals surface area contributed by atoms with Crippen LogP contribution in [-0.2, 0) is 6.42 Å². The lowest BCUT2D eigenvalue weighted by molar-refractivity contribution is 0.382. The first-order valence-corrected chi connectivity index (χ1v) is 5.16. The van der Waals surface area contributed by atoms with E-state index in [2.05, 4.69) is 15.3 Å². The Morgan fingerprint density at radius 1 is 1.46 bits per heavy atom. The number of piperidine rings is 1. The summed E-state index contributed by atoms with van der Waals surface area (Å²) in [5.74, 6) is 0. The Hall–Kier alpha value is -0.830. The molecule has 1 saturated heterocycles. The third kappa shape index (κ3) is 2.56. The Kier molecular flexibility index (Phi) is 2.98. The van der Waals surface area contributed by atoms with E-state index in [-0.39, 0.29) is 0 Å². The van der Waals surface area contributed by atoms with Gasteiger partial charge in [0.2, 0.25) is 0 Å². The zero-order chi connectivity index (χ0) is 8.93. The van der Waals surface area contributed by atoms with Crippen molar-refractivity contribution in [1.29, 1.82) is 0 Å². The van der Waals surface area contributed by atoms with Crippen LogP contribution in [0, 0.1) is 0 Å². The standard InChI is InChI=1S/C10H17N3/c1-2-6-12-9(3-1)4-5-10-7-11-8-13-10/h7-9,12H,1-6H2,(H,11,13). The van der Waals surface area contributed by atoms with Crippen LogP contribution in [0.25, 0.3) is 0 Å². The highest BCUT2D eigenvalue weighted by Gasteiger charge is 2.11. The monoisotopic (exact) mass is 179 g/mol. The number of aryl methyl sites for hydroxylation is 1. The van der Waals surface area contributed by atoms with Crippen LogP contribution in [0.15, 0.2) is 12.5 Å². The summed E-state index contributed by atoms with van der Waals surface area (Å²) < 4.78 is 0. The van der Waals surface area contributed by atoms with Gasteiger partial charge in [0.1, 0.15) is 0 Å². The highest BCUT2D eigenvalue weighted by atomic mass is 14.9. The molecule has 13 heavy (non-hydrogen) atoms. The van der Waals surface area contributed by atoms with Gasteiger partial charge in [-0.05, 0) is 32.2 Å². The molecule has 2 rings (SSSR count). The van der Waals surface area contributed by atoms with Gasteiger partial charge in [-0.3, -0.25) is 0 Å². The van der Waals surface area contributed by atoms with E-state index in [1.165, 1.54) is 37.9 Å². The van der Waals surface area contributed by atoms with Crippen LogP contribution in [0.4, 0.5) is 0 Å². The van der Waals surface area contributed by atoms with Crippen molar-refractivity contribution in [3.63, 3.8) is 0 Å². The molecule has 72 valence electrons. The van der Waals surface area contributed by atoms with E-state index in [9.17, 15) is 0 Å². The Bertz CT molecular complexity index is 224. The van der Waals surface area contributed by atoms with Gasteiger partial charge in [0.05, 0.1) is 6.33 Å². The summed E-state index contributed by atoms with van der Waals surface area (Å²) in [6.07, 6.45) is 10.1. The Labute approximate surface area is 79.0 Å². The van der Waals surface area contributed by atoms with Gasteiger partial charge in [0, 0.05) is 17.9 Å². The molecule has 3 nitrogen and oxygen atoms in total. The Morgan fingerprint density at radius 2 is 2.46 bits per heavy atom. The molecule has 1 aliphatic heterocycles. The van der Waals surface area contributed by atoms with Crippen LogP contribution in [0.1, 0.15) is 31.4 Å². The molecule has 2 N–H and O–H groups in total. The van der Waals surface area contributed by atoms with Crippen molar-refractivity contribution < 1.29 is 0 Å². The minimum atomic E-state index is 0.733. The topological polar surface area (TPSA) is 40.7 Å². The highest BCUT2D eigenvalue weighted by Crippen LogP contribution is 2.11. The van der Waals surface area contributed by atoms with Gasteiger partial charge in [-0.15, -0.1) is 0 Å². The third-order valence-electron chi connectivity index (χ3n) is 2.73. The molecule has 0 aromatic carbocycles. The van der Waals surface area contributed by atoms with Crippen molar-refractivity contribution in [2.45, 2.75) is 38.1 Å². The minimum absolute atomic E-state index is 0.733. The number of aromatic amines is 1. The second-order valence-electron chi connectivity index (χ2n) is 3.76. The number of hydrogen-bond acceptors (Lipinski definition) is 2. The third-order valence-corrected chi connectivity index (χ3v) is 2.73. The molecule has 1 unspecified atom stereocenters. The van der Waals surface area contributed by atoms with Crippen LogP contribution in [0.2, 0.25) is 0 Å². The molecule has 0 aliphatic carbocycles. The maximum Gasteiger partial charge on any atom is 0.0921 e. The molecule has 1 aliphatic rings. The van der Waals surface area contributed by atoms with Gasteiger partial charge in [-0.25, -0.2) is 4.98 Å². The lowest BCUT2D eigenvalue weighted by Crippen LogP contribution is -2.34. The fourth-order valence-electron chi connectivity index (χ4n) is 1.92. The first kappa shape index (κ1) is 8.75. The first-order chi connectivity index (χ1) is 6.45. The quantitative estimate of drug-likeness (QED) is 0.738. The van der Waals surface area contributed by atoms with E-state index in [1.54, 1.807) is 6.33 Å². The summed E-state index contributed by atoms with van der Waals surface area (Å²) in [6, 6.07) is 0.733. The predicted octanol–water partition coefficient (Wildman–Crippen LogP) is 1.48. The van der Waals surface area contributed by atoms with Crippen molar-refractivity contribution in [2.75, 3.05) is 6.54 Å². The molecule has 1 aromatic rings. The summed E-state index contributed by atoms with van der Waals surface area (Å²) in [5.41, 5.74) is 1.26. The van der Waals surface area contributed by atoms with E-state index in [0.29, 0.717) is 0 Å². The molecule has 2 heterocycles. The Balaban J connectivity index is 1.72. The molecule has 0 radical (unpaired) electrons. The van der Waals surface area contributed by atoms with Crippen LogP contribution in [-0.4, -0.2) is 22.6 Å².